The lowest BCUT2D eigenvalue weighted by Gasteiger charge is -2.32. The molecule has 2 atom stereocenters. The molecule has 1 aromatic rings. The Morgan fingerprint density at radius 3 is 2.00 bits per heavy atom. The van der Waals surface area contributed by atoms with E-state index in [4.69, 9.17) is 10.2 Å². The average Bonchev–Trinajstić information content (AvgIpc) is 2.87. The van der Waals surface area contributed by atoms with Crippen molar-refractivity contribution in [2.45, 2.75) is 53.1 Å². The molecule has 0 radical (unpaired) electrons. The van der Waals surface area contributed by atoms with Crippen molar-refractivity contribution in [1.29, 1.82) is 0 Å². The van der Waals surface area contributed by atoms with Gasteiger partial charge >= 0.3 is 0 Å². The molecule has 0 aliphatic carbocycles. The zero-order valence-electron chi connectivity index (χ0n) is 22.5. The molecular weight excluding hydrogens is 456 g/mol. The SMILES string of the molecule is C/C=C\C.C=C/C=C\C=C(/C(C)C=O)C(C(=C)C)N(C)Cc1ccc([N+](=O)[O-])cc1.OCCCCO. The summed E-state index contributed by atoms with van der Waals surface area (Å²) in [6, 6.07) is 6.36. The van der Waals surface area contributed by atoms with E-state index in [9.17, 15) is 14.9 Å². The Hall–Kier alpha value is -3.13. The van der Waals surface area contributed by atoms with E-state index in [1.807, 2.05) is 65.1 Å². The highest BCUT2D eigenvalue weighted by atomic mass is 16.6. The predicted molar refractivity (Wildman–Crippen MR) is 150 cm³/mol. The van der Waals surface area contributed by atoms with E-state index in [0.29, 0.717) is 6.54 Å². The molecule has 0 aliphatic heterocycles. The van der Waals surface area contributed by atoms with Crippen molar-refractivity contribution in [3.8, 4) is 0 Å². The average molecular weight is 501 g/mol. The summed E-state index contributed by atoms with van der Waals surface area (Å²) in [6.45, 7) is 16.5. The Morgan fingerprint density at radius 1 is 1.11 bits per heavy atom. The highest BCUT2D eigenvalue weighted by molar-refractivity contribution is 5.60. The number of nitrogens with zero attached hydrogens (tertiary/aromatic N) is 2. The van der Waals surface area contributed by atoms with Gasteiger partial charge in [-0.15, -0.1) is 0 Å². The van der Waals surface area contributed by atoms with Crippen LogP contribution in [-0.2, 0) is 11.3 Å². The smallest absolute Gasteiger partial charge is 0.269 e. The van der Waals surface area contributed by atoms with Crippen molar-refractivity contribution in [3.05, 3.63) is 101 Å². The van der Waals surface area contributed by atoms with E-state index in [1.165, 1.54) is 12.1 Å². The molecule has 1 rings (SSSR count). The fourth-order valence-corrected chi connectivity index (χ4v) is 3.06. The first-order valence-corrected chi connectivity index (χ1v) is 12.0. The number of aliphatic hydroxyl groups is 2. The Kier molecular flexibility index (Phi) is 21.7. The van der Waals surface area contributed by atoms with Crippen LogP contribution in [0.15, 0.2) is 85.0 Å². The molecule has 36 heavy (non-hydrogen) atoms. The Balaban J connectivity index is 0. The second kappa shape index (κ2) is 22.3. The van der Waals surface area contributed by atoms with Gasteiger partial charge in [0, 0.05) is 37.8 Å². The molecule has 7 nitrogen and oxygen atoms in total. The number of non-ortho nitro benzene ring substituents is 1. The van der Waals surface area contributed by atoms with E-state index >= 15 is 0 Å². The van der Waals surface area contributed by atoms with Crippen molar-refractivity contribution in [3.63, 3.8) is 0 Å². The van der Waals surface area contributed by atoms with Gasteiger partial charge in [0.25, 0.3) is 5.69 Å². The number of allylic oxidation sites excluding steroid dienone is 6. The maximum Gasteiger partial charge on any atom is 0.269 e. The van der Waals surface area contributed by atoms with Gasteiger partial charge in [-0.3, -0.25) is 15.0 Å². The summed E-state index contributed by atoms with van der Waals surface area (Å²) in [7, 11) is 1.95. The molecule has 0 bridgehead atoms. The van der Waals surface area contributed by atoms with Crippen molar-refractivity contribution in [1.82, 2.24) is 4.90 Å². The third-order valence-corrected chi connectivity index (χ3v) is 4.97. The van der Waals surface area contributed by atoms with Gasteiger partial charge < -0.3 is 15.0 Å². The van der Waals surface area contributed by atoms with Crippen LogP contribution in [0.25, 0.3) is 0 Å². The van der Waals surface area contributed by atoms with Crippen LogP contribution < -0.4 is 0 Å². The minimum atomic E-state index is -0.414. The molecule has 0 heterocycles. The number of rotatable bonds is 13. The molecule has 2 N–H and O–H groups in total. The second-order valence-electron chi connectivity index (χ2n) is 8.12. The minimum absolute atomic E-state index is 0.0672. The van der Waals surface area contributed by atoms with Crippen LogP contribution in [0.1, 0.15) is 46.1 Å². The summed E-state index contributed by atoms with van der Waals surface area (Å²) in [6.07, 6.45) is 13.6. The molecule has 0 saturated carbocycles. The fourth-order valence-electron chi connectivity index (χ4n) is 3.06. The lowest BCUT2D eigenvalue weighted by atomic mass is 9.89. The van der Waals surface area contributed by atoms with Gasteiger partial charge in [-0.1, -0.05) is 74.2 Å². The number of benzene rings is 1. The monoisotopic (exact) mass is 500 g/mol. The maximum absolute atomic E-state index is 11.4. The van der Waals surface area contributed by atoms with Gasteiger partial charge in [0.2, 0.25) is 0 Å². The molecule has 200 valence electrons. The Morgan fingerprint density at radius 2 is 1.64 bits per heavy atom. The van der Waals surface area contributed by atoms with E-state index in [1.54, 1.807) is 18.2 Å². The van der Waals surface area contributed by atoms with Crippen molar-refractivity contribution in [2.24, 2.45) is 5.92 Å². The number of hydrogen-bond donors (Lipinski definition) is 2. The molecule has 0 amide bonds. The molecule has 2 unspecified atom stereocenters. The summed E-state index contributed by atoms with van der Waals surface area (Å²) in [5, 5.41) is 27.0. The van der Waals surface area contributed by atoms with Crippen LogP contribution in [0.2, 0.25) is 0 Å². The van der Waals surface area contributed by atoms with Crippen LogP contribution in [-0.4, -0.2) is 52.6 Å². The summed E-state index contributed by atoms with van der Waals surface area (Å²) >= 11 is 0. The van der Waals surface area contributed by atoms with E-state index in [2.05, 4.69) is 18.1 Å². The summed E-state index contributed by atoms with van der Waals surface area (Å²) in [5.41, 5.74) is 2.87. The zero-order valence-corrected chi connectivity index (χ0v) is 22.5. The fraction of sp³-hybridized carbons (Fsp3) is 0.414. The number of unbranched alkanes of at least 4 members (excludes halogenated alkanes) is 1. The highest BCUT2D eigenvalue weighted by Crippen LogP contribution is 2.25. The Labute approximate surface area is 217 Å². The summed E-state index contributed by atoms with van der Waals surface area (Å²) < 4.78 is 0. The predicted octanol–water partition coefficient (Wildman–Crippen LogP) is 5.81. The second-order valence-corrected chi connectivity index (χ2v) is 8.12. The first kappa shape index (κ1) is 35.0. The molecular formula is C29H44N2O5. The standard InChI is InChI=1S/C21H26N2O3.C4H10O2.C4H8/c1-6-7-8-9-20(17(4)15-24)21(16(2)3)22(5)14-18-10-12-19(13-11-18)23(25)26;5-3-1-2-4-6;1-3-4-2/h6-13,15,17,21H,1-2,14H2,3-5H3;5-6H,1-4H2;3-4H,1-2H3/b8-7-,20-9+;;4-3-. The first-order chi connectivity index (χ1) is 17.1. The summed E-state index contributed by atoms with van der Waals surface area (Å²) in [5.74, 6) is -0.259. The van der Waals surface area contributed by atoms with Gasteiger partial charge in [0.05, 0.1) is 11.0 Å². The van der Waals surface area contributed by atoms with Crippen molar-refractivity contribution in [2.75, 3.05) is 20.3 Å². The van der Waals surface area contributed by atoms with Crippen molar-refractivity contribution < 1.29 is 19.9 Å². The van der Waals surface area contributed by atoms with Gasteiger partial charge in [-0.25, -0.2) is 0 Å². The van der Waals surface area contributed by atoms with Gasteiger partial charge in [0.15, 0.2) is 0 Å². The van der Waals surface area contributed by atoms with E-state index in [0.717, 1.165) is 35.8 Å². The number of aldehydes is 1. The van der Waals surface area contributed by atoms with Crippen LogP contribution in [0, 0.1) is 16.0 Å². The number of carbonyl (C=O) groups excluding carboxylic acids is 1. The van der Waals surface area contributed by atoms with Crippen LogP contribution in [0.5, 0.6) is 0 Å². The van der Waals surface area contributed by atoms with E-state index in [-0.39, 0.29) is 30.9 Å². The topological polar surface area (TPSA) is 104 Å². The minimum Gasteiger partial charge on any atom is -0.396 e. The van der Waals surface area contributed by atoms with E-state index < -0.39 is 4.92 Å². The Bertz CT molecular complexity index is 849. The first-order valence-electron chi connectivity index (χ1n) is 12.0. The van der Waals surface area contributed by atoms with Crippen LogP contribution >= 0.6 is 0 Å². The van der Waals surface area contributed by atoms with Gasteiger partial charge in [0.1, 0.15) is 6.29 Å². The molecule has 0 fully saturated rings. The number of aliphatic hydroxyl groups excluding tert-OH is 2. The highest BCUT2D eigenvalue weighted by Gasteiger charge is 2.24. The third kappa shape index (κ3) is 15.7. The van der Waals surface area contributed by atoms with Crippen LogP contribution in [0.4, 0.5) is 5.69 Å². The maximum atomic E-state index is 11.4. The van der Waals surface area contributed by atoms with Gasteiger partial charge in [-0.2, -0.15) is 0 Å². The number of hydrogen-bond acceptors (Lipinski definition) is 6. The lowest BCUT2D eigenvalue weighted by Crippen LogP contribution is -2.36. The van der Waals surface area contributed by atoms with Crippen LogP contribution in [0.3, 0.4) is 0 Å². The third-order valence-electron chi connectivity index (χ3n) is 4.97. The number of nitro benzene ring substituents is 1. The largest absolute Gasteiger partial charge is 0.396 e. The van der Waals surface area contributed by atoms with Crippen molar-refractivity contribution >= 4 is 12.0 Å². The normalized spacial score (nSPS) is 12.8. The molecule has 0 saturated heterocycles. The molecule has 0 aliphatic rings. The quantitative estimate of drug-likeness (QED) is 0.0885. The number of likely N-dealkylation sites (N-methyl/N-ethyl adjacent to an activating group) is 1. The lowest BCUT2D eigenvalue weighted by molar-refractivity contribution is -0.384. The zero-order chi connectivity index (χ0) is 27.9. The molecule has 0 spiro atoms. The number of carbonyl (C=O) groups is 1. The molecule has 1 aromatic carbocycles. The molecule has 0 aromatic heterocycles. The summed E-state index contributed by atoms with van der Waals surface area (Å²) in [4.78, 5) is 23.8. The number of nitro groups is 1. The van der Waals surface area contributed by atoms with Gasteiger partial charge in [-0.05, 0) is 51.8 Å². The molecule has 7 heteroatoms.